The van der Waals surface area contributed by atoms with Gasteiger partial charge in [0.15, 0.2) is 0 Å². The molecule has 0 atom stereocenters. The van der Waals surface area contributed by atoms with E-state index in [4.69, 9.17) is 11.6 Å². The number of aromatic nitrogens is 1. The Morgan fingerprint density at radius 3 is 2.60 bits per heavy atom. The summed E-state index contributed by atoms with van der Waals surface area (Å²) >= 11 is 5.59. The summed E-state index contributed by atoms with van der Waals surface area (Å²) in [5.41, 5.74) is 3.08. The van der Waals surface area contributed by atoms with Crippen molar-refractivity contribution >= 4 is 27.7 Å². The van der Waals surface area contributed by atoms with Gasteiger partial charge in [-0.15, -0.1) is 0 Å². The number of fused-ring (bicyclic) bond motifs is 1. The Morgan fingerprint density at radius 1 is 1.27 bits per heavy atom. The minimum absolute atomic E-state index is 0.422. The first kappa shape index (κ1) is 10.1. The van der Waals surface area contributed by atoms with E-state index in [0.717, 1.165) is 22.2 Å². The molecule has 0 saturated heterocycles. The Kier molecular flexibility index (Phi) is 2.45. The van der Waals surface area contributed by atoms with Gasteiger partial charge in [-0.3, -0.25) is 9.78 Å². The average molecular weight is 220 g/mol. The maximum atomic E-state index is 11.4. The van der Waals surface area contributed by atoms with Gasteiger partial charge >= 0.3 is 0 Å². The highest BCUT2D eigenvalue weighted by molar-refractivity contribution is 6.68. The summed E-state index contributed by atoms with van der Waals surface area (Å²) in [7, 11) is 0. The van der Waals surface area contributed by atoms with Crippen LogP contribution in [0.3, 0.4) is 0 Å². The summed E-state index contributed by atoms with van der Waals surface area (Å²) in [4.78, 5) is 15.8. The Labute approximate surface area is 92.9 Å². The standard InChI is InChI=1S/C12H10ClNO/c1-7-8(2)14-10-6-4-3-5-9(10)11(7)12(13)15/h3-6H,1-2H3. The molecule has 0 spiro atoms. The third-order valence-corrected chi connectivity index (χ3v) is 2.76. The molecule has 0 radical (unpaired) electrons. The number of nitrogens with zero attached hydrogens (tertiary/aromatic N) is 1. The molecule has 0 amide bonds. The molecular formula is C12H10ClNO. The summed E-state index contributed by atoms with van der Waals surface area (Å²) in [6, 6.07) is 7.52. The number of pyridine rings is 1. The van der Waals surface area contributed by atoms with Crippen molar-refractivity contribution in [2.75, 3.05) is 0 Å². The number of benzene rings is 1. The van der Waals surface area contributed by atoms with E-state index in [0.29, 0.717) is 5.56 Å². The highest BCUT2D eigenvalue weighted by Crippen LogP contribution is 2.23. The SMILES string of the molecule is Cc1nc2ccccc2c(C(=O)Cl)c1C. The molecule has 0 bridgehead atoms. The second-order valence-corrected chi connectivity index (χ2v) is 3.83. The second kappa shape index (κ2) is 3.63. The van der Waals surface area contributed by atoms with Crippen molar-refractivity contribution in [3.05, 3.63) is 41.1 Å². The minimum atomic E-state index is -0.422. The van der Waals surface area contributed by atoms with Gasteiger partial charge in [0.1, 0.15) is 0 Å². The largest absolute Gasteiger partial charge is 0.276 e. The maximum absolute atomic E-state index is 11.4. The molecule has 2 aromatic rings. The molecule has 0 aliphatic heterocycles. The fraction of sp³-hybridized carbons (Fsp3) is 0.167. The number of carbonyl (C=O) groups is 1. The zero-order chi connectivity index (χ0) is 11.0. The van der Waals surface area contributed by atoms with Gasteiger partial charge in [0.05, 0.1) is 5.52 Å². The van der Waals surface area contributed by atoms with Gasteiger partial charge in [0, 0.05) is 16.6 Å². The van der Waals surface area contributed by atoms with E-state index in [2.05, 4.69) is 4.98 Å². The number of para-hydroxylation sites is 1. The topological polar surface area (TPSA) is 30.0 Å². The van der Waals surface area contributed by atoms with E-state index in [9.17, 15) is 4.79 Å². The molecule has 76 valence electrons. The quantitative estimate of drug-likeness (QED) is 0.690. The Morgan fingerprint density at radius 2 is 1.93 bits per heavy atom. The number of halogens is 1. The predicted octanol–water partition coefficient (Wildman–Crippen LogP) is 3.23. The maximum Gasteiger partial charge on any atom is 0.253 e. The Hall–Kier alpha value is -1.41. The van der Waals surface area contributed by atoms with E-state index in [1.807, 2.05) is 38.1 Å². The van der Waals surface area contributed by atoms with Crippen molar-refractivity contribution in [3.8, 4) is 0 Å². The van der Waals surface area contributed by atoms with E-state index in [1.54, 1.807) is 0 Å². The highest BCUT2D eigenvalue weighted by atomic mass is 35.5. The van der Waals surface area contributed by atoms with Crippen molar-refractivity contribution < 1.29 is 4.79 Å². The van der Waals surface area contributed by atoms with Crippen LogP contribution in [0.25, 0.3) is 10.9 Å². The Bertz CT molecular complexity index is 549. The predicted molar refractivity (Wildman–Crippen MR) is 61.4 cm³/mol. The molecule has 2 rings (SSSR count). The molecule has 2 nitrogen and oxygen atoms in total. The van der Waals surface area contributed by atoms with Crippen molar-refractivity contribution in [2.24, 2.45) is 0 Å². The van der Waals surface area contributed by atoms with Gasteiger partial charge in [-0.2, -0.15) is 0 Å². The first-order chi connectivity index (χ1) is 7.11. The smallest absolute Gasteiger partial charge is 0.253 e. The van der Waals surface area contributed by atoms with E-state index in [-0.39, 0.29) is 0 Å². The lowest BCUT2D eigenvalue weighted by Crippen LogP contribution is -2.00. The van der Waals surface area contributed by atoms with Crippen molar-refractivity contribution in [3.63, 3.8) is 0 Å². The van der Waals surface area contributed by atoms with Gasteiger partial charge in [-0.05, 0) is 37.1 Å². The first-order valence-corrected chi connectivity index (χ1v) is 5.05. The highest BCUT2D eigenvalue weighted by Gasteiger charge is 2.13. The summed E-state index contributed by atoms with van der Waals surface area (Å²) in [5.74, 6) is 0. The number of aryl methyl sites for hydroxylation is 1. The fourth-order valence-electron chi connectivity index (χ4n) is 1.68. The van der Waals surface area contributed by atoms with Gasteiger partial charge in [-0.25, -0.2) is 0 Å². The number of rotatable bonds is 1. The molecule has 0 N–H and O–H groups in total. The van der Waals surface area contributed by atoms with Crippen LogP contribution in [0.1, 0.15) is 21.6 Å². The van der Waals surface area contributed by atoms with E-state index in [1.165, 1.54) is 0 Å². The van der Waals surface area contributed by atoms with Crippen molar-refractivity contribution in [1.29, 1.82) is 0 Å². The van der Waals surface area contributed by atoms with Crippen molar-refractivity contribution in [1.82, 2.24) is 4.98 Å². The molecule has 0 aliphatic rings. The number of carbonyl (C=O) groups excluding carboxylic acids is 1. The molecule has 0 saturated carbocycles. The third kappa shape index (κ3) is 1.61. The molecule has 3 heteroatoms. The van der Waals surface area contributed by atoms with E-state index < -0.39 is 5.24 Å². The fourth-order valence-corrected chi connectivity index (χ4v) is 1.93. The molecule has 0 unspecified atom stereocenters. The van der Waals surface area contributed by atoms with Crippen molar-refractivity contribution in [2.45, 2.75) is 13.8 Å². The lowest BCUT2D eigenvalue weighted by atomic mass is 10.0. The molecule has 0 fully saturated rings. The lowest BCUT2D eigenvalue weighted by Gasteiger charge is -2.08. The molecule has 1 heterocycles. The number of hydrogen-bond donors (Lipinski definition) is 0. The van der Waals surface area contributed by atoms with Gasteiger partial charge in [-0.1, -0.05) is 18.2 Å². The minimum Gasteiger partial charge on any atom is -0.276 e. The molecule has 1 aromatic heterocycles. The van der Waals surface area contributed by atoms with Crippen LogP contribution < -0.4 is 0 Å². The summed E-state index contributed by atoms with van der Waals surface area (Å²) in [6.45, 7) is 3.75. The molecule has 0 aliphatic carbocycles. The average Bonchev–Trinajstić information content (AvgIpc) is 2.19. The monoisotopic (exact) mass is 219 g/mol. The lowest BCUT2D eigenvalue weighted by molar-refractivity contribution is 0.108. The molecule has 1 aromatic carbocycles. The number of hydrogen-bond acceptors (Lipinski definition) is 2. The second-order valence-electron chi connectivity index (χ2n) is 3.49. The van der Waals surface area contributed by atoms with Crippen LogP contribution in [0, 0.1) is 13.8 Å². The van der Waals surface area contributed by atoms with Crippen LogP contribution in [0.15, 0.2) is 24.3 Å². The summed E-state index contributed by atoms with van der Waals surface area (Å²) in [6.07, 6.45) is 0. The molecular weight excluding hydrogens is 210 g/mol. The van der Waals surface area contributed by atoms with Gasteiger partial charge in [0.2, 0.25) is 0 Å². The van der Waals surface area contributed by atoms with Gasteiger partial charge in [0.25, 0.3) is 5.24 Å². The van der Waals surface area contributed by atoms with Crippen LogP contribution in [-0.2, 0) is 0 Å². The zero-order valence-electron chi connectivity index (χ0n) is 8.54. The zero-order valence-corrected chi connectivity index (χ0v) is 9.30. The summed E-state index contributed by atoms with van der Waals surface area (Å²) in [5, 5.41) is 0.398. The van der Waals surface area contributed by atoms with Crippen LogP contribution >= 0.6 is 11.6 Å². The Balaban J connectivity index is 2.95. The van der Waals surface area contributed by atoms with Crippen LogP contribution in [0.2, 0.25) is 0 Å². The van der Waals surface area contributed by atoms with Crippen LogP contribution in [-0.4, -0.2) is 10.2 Å². The van der Waals surface area contributed by atoms with Gasteiger partial charge < -0.3 is 0 Å². The summed E-state index contributed by atoms with van der Waals surface area (Å²) < 4.78 is 0. The van der Waals surface area contributed by atoms with Crippen LogP contribution in [0.5, 0.6) is 0 Å². The first-order valence-electron chi connectivity index (χ1n) is 4.67. The third-order valence-electron chi connectivity index (χ3n) is 2.58. The normalized spacial score (nSPS) is 10.6. The van der Waals surface area contributed by atoms with E-state index >= 15 is 0 Å². The van der Waals surface area contributed by atoms with Crippen LogP contribution in [0.4, 0.5) is 0 Å². The molecule has 15 heavy (non-hydrogen) atoms.